The number of nitrogens with one attached hydrogen (secondary N) is 1. The predicted octanol–water partition coefficient (Wildman–Crippen LogP) is 1.11. The summed E-state index contributed by atoms with van der Waals surface area (Å²) in [5.74, 6) is -1.24. The van der Waals surface area contributed by atoms with Gasteiger partial charge >= 0.3 is 5.97 Å². The van der Waals surface area contributed by atoms with Crippen LogP contribution in [-0.4, -0.2) is 51.4 Å². The van der Waals surface area contributed by atoms with Gasteiger partial charge in [-0.05, 0) is 44.5 Å². The van der Waals surface area contributed by atoms with Gasteiger partial charge in [-0.25, -0.2) is 4.79 Å². The van der Waals surface area contributed by atoms with Crippen molar-refractivity contribution in [2.45, 2.75) is 43.7 Å². The summed E-state index contributed by atoms with van der Waals surface area (Å²) in [5.41, 5.74) is 5.94. The molecule has 2 aliphatic rings. The van der Waals surface area contributed by atoms with Crippen molar-refractivity contribution in [1.82, 2.24) is 4.90 Å². The van der Waals surface area contributed by atoms with Crippen LogP contribution >= 0.6 is 11.8 Å². The molecule has 3 atom stereocenters. The molecule has 0 saturated carbocycles. The van der Waals surface area contributed by atoms with E-state index in [0.717, 1.165) is 0 Å². The second kappa shape index (κ2) is 7.22. The Balaban J connectivity index is 1.58. The lowest BCUT2D eigenvalue weighted by molar-refractivity contribution is -0.160. The maximum absolute atomic E-state index is 12.5. The van der Waals surface area contributed by atoms with Crippen LogP contribution in [0.3, 0.4) is 0 Å². The van der Waals surface area contributed by atoms with Crippen LogP contribution in [0.5, 0.6) is 0 Å². The number of esters is 1. The maximum atomic E-state index is 12.5. The molecular weight excluding hydrogens is 370 g/mol. The molecule has 2 heterocycles. The van der Waals surface area contributed by atoms with Crippen LogP contribution in [-0.2, 0) is 19.1 Å². The van der Waals surface area contributed by atoms with Crippen LogP contribution < -0.4 is 11.1 Å². The summed E-state index contributed by atoms with van der Waals surface area (Å²) >= 11 is 1.56. The average Bonchev–Trinajstić information content (AvgIpc) is 3.11. The van der Waals surface area contributed by atoms with Gasteiger partial charge in [0.25, 0.3) is 5.91 Å². The summed E-state index contributed by atoms with van der Waals surface area (Å²) in [7, 11) is 0. The summed E-state index contributed by atoms with van der Waals surface area (Å²) in [4.78, 5) is 49.2. The van der Waals surface area contributed by atoms with E-state index in [2.05, 4.69) is 5.32 Å². The lowest BCUT2D eigenvalue weighted by Gasteiger charge is -2.29. The van der Waals surface area contributed by atoms with Crippen molar-refractivity contribution in [2.75, 3.05) is 11.1 Å². The Bertz CT molecular complexity index is 797. The van der Waals surface area contributed by atoms with Crippen molar-refractivity contribution < 1.29 is 23.9 Å². The number of nitrogens with two attached hydrogens (primary N) is 1. The zero-order valence-corrected chi connectivity index (χ0v) is 15.9. The number of rotatable bonds is 5. The number of hydrogen-bond acceptors (Lipinski definition) is 6. The topological polar surface area (TPSA) is 119 Å². The molecule has 0 radical (unpaired) electrons. The molecule has 0 spiro atoms. The Morgan fingerprint density at radius 1 is 1.33 bits per heavy atom. The number of benzene rings is 1. The SMILES string of the molecule is C[C@@H](OC(=O)[C@@H]1CS[C@@]2(C)CCC(=O)N12)C(=O)Nc1ccc(C(N)=O)cc1. The first kappa shape index (κ1) is 19.2. The van der Waals surface area contributed by atoms with Gasteiger partial charge in [0.05, 0.1) is 4.87 Å². The van der Waals surface area contributed by atoms with E-state index in [1.807, 2.05) is 6.92 Å². The van der Waals surface area contributed by atoms with Gasteiger partial charge in [-0.3, -0.25) is 14.4 Å². The highest BCUT2D eigenvalue weighted by atomic mass is 32.2. The smallest absolute Gasteiger partial charge is 0.330 e. The predicted molar refractivity (Wildman–Crippen MR) is 99.9 cm³/mol. The third-order valence-electron chi connectivity index (χ3n) is 4.82. The number of anilines is 1. The first-order chi connectivity index (χ1) is 12.7. The van der Waals surface area contributed by atoms with Crippen LogP contribution in [0.2, 0.25) is 0 Å². The first-order valence-corrected chi connectivity index (χ1v) is 9.57. The minimum Gasteiger partial charge on any atom is -0.451 e. The van der Waals surface area contributed by atoms with Crippen LogP contribution in [0.1, 0.15) is 37.0 Å². The Kier molecular flexibility index (Phi) is 5.14. The van der Waals surface area contributed by atoms with Crippen molar-refractivity contribution in [3.05, 3.63) is 29.8 Å². The van der Waals surface area contributed by atoms with E-state index in [4.69, 9.17) is 10.5 Å². The number of amides is 3. The van der Waals surface area contributed by atoms with E-state index in [1.165, 1.54) is 31.2 Å². The molecule has 3 rings (SSSR count). The molecule has 9 heteroatoms. The molecule has 3 N–H and O–H groups in total. The molecule has 2 aliphatic heterocycles. The van der Waals surface area contributed by atoms with Crippen LogP contribution in [0.15, 0.2) is 24.3 Å². The van der Waals surface area contributed by atoms with E-state index >= 15 is 0 Å². The molecule has 8 nitrogen and oxygen atoms in total. The summed E-state index contributed by atoms with van der Waals surface area (Å²) in [6, 6.07) is 5.39. The van der Waals surface area contributed by atoms with Gasteiger partial charge in [0.2, 0.25) is 11.8 Å². The number of fused-ring (bicyclic) bond motifs is 1. The zero-order chi connectivity index (χ0) is 19.8. The molecular formula is C18H21N3O5S. The lowest BCUT2D eigenvalue weighted by Crippen LogP contribution is -2.48. The summed E-state index contributed by atoms with van der Waals surface area (Å²) < 4.78 is 5.30. The monoisotopic (exact) mass is 391 g/mol. The van der Waals surface area contributed by atoms with E-state index < -0.39 is 29.9 Å². The van der Waals surface area contributed by atoms with Crippen molar-refractivity contribution >= 4 is 41.1 Å². The average molecular weight is 391 g/mol. The fourth-order valence-corrected chi connectivity index (χ4v) is 4.68. The highest BCUT2D eigenvalue weighted by molar-refractivity contribution is 8.01. The highest BCUT2D eigenvalue weighted by Crippen LogP contribution is 2.47. The highest BCUT2D eigenvalue weighted by Gasteiger charge is 2.53. The quantitative estimate of drug-likeness (QED) is 0.726. The normalized spacial score (nSPS) is 25.0. The van der Waals surface area contributed by atoms with Gasteiger partial charge in [0.1, 0.15) is 6.04 Å². The van der Waals surface area contributed by atoms with Gasteiger partial charge in [-0.15, -0.1) is 11.8 Å². The van der Waals surface area contributed by atoms with Gasteiger partial charge in [-0.2, -0.15) is 0 Å². The molecule has 2 saturated heterocycles. The molecule has 2 fully saturated rings. The molecule has 0 bridgehead atoms. The molecule has 0 aromatic heterocycles. The van der Waals surface area contributed by atoms with Crippen LogP contribution in [0.4, 0.5) is 5.69 Å². The second-order valence-electron chi connectivity index (χ2n) is 6.78. The van der Waals surface area contributed by atoms with E-state index in [9.17, 15) is 19.2 Å². The summed E-state index contributed by atoms with van der Waals surface area (Å²) in [5, 5.41) is 2.61. The van der Waals surface area contributed by atoms with Gasteiger partial charge in [0, 0.05) is 23.4 Å². The van der Waals surface area contributed by atoms with Crippen molar-refractivity contribution in [3.63, 3.8) is 0 Å². The number of hydrogen-bond donors (Lipinski definition) is 2. The Morgan fingerprint density at radius 3 is 2.63 bits per heavy atom. The number of nitrogens with zero attached hydrogens (tertiary/aromatic N) is 1. The minimum absolute atomic E-state index is 0.0592. The van der Waals surface area contributed by atoms with Gasteiger partial charge in [-0.1, -0.05) is 0 Å². The van der Waals surface area contributed by atoms with E-state index in [1.54, 1.807) is 16.7 Å². The molecule has 3 amide bonds. The number of carbonyl (C=O) groups excluding carboxylic acids is 4. The second-order valence-corrected chi connectivity index (χ2v) is 8.28. The van der Waals surface area contributed by atoms with E-state index in [0.29, 0.717) is 29.8 Å². The Labute approximate surface area is 160 Å². The molecule has 1 aromatic carbocycles. The lowest BCUT2D eigenvalue weighted by atomic mass is 10.2. The summed E-state index contributed by atoms with van der Waals surface area (Å²) in [6.07, 6.45) is 0.102. The van der Waals surface area contributed by atoms with Crippen LogP contribution in [0, 0.1) is 0 Å². The third kappa shape index (κ3) is 3.78. The van der Waals surface area contributed by atoms with Crippen molar-refractivity contribution in [3.8, 4) is 0 Å². The first-order valence-electron chi connectivity index (χ1n) is 8.58. The standard InChI is InChI=1S/C18H21N3O5S/c1-10(16(24)20-12-5-3-11(4-6-12)15(19)23)26-17(25)13-9-27-18(2)8-7-14(22)21(13)18/h3-6,10,13H,7-9H2,1-2H3,(H2,19,23)(H,20,24)/t10-,13+,18+/m1/s1. The Morgan fingerprint density at radius 2 is 2.00 bits per heavy atom. The van der Waals surface area contributed by atoms with Gasteiger partial charge in [0.15, 0.2) is 6.10 Å². The fraction of sp³-hybridized carbons (Fsp3) is 0.444. The molecule has 27 heavy (non-hydrogen) atoms. The number of carbonyl (C=O) groups is 4. The van der Waals surface area contributed by atoms with Crippen LogP contribution in [0.25, 0.3) is 0 Å². The number of primary amides is 1. The number of thioether (sulfide) groups is 1. The molecule has 144 valence electrons. The zero-order valence-electron chi connectivity index (χ0n) is 15.1. The van der Waals surface area contributed by atoms with Crippen molar-refractivity contribution in [2.24, 2.45) is 5.73 Å². The Hall–Kier alpha value is -2.55. The maximum Gasteiger partial charge on any atom is 0.330 e. The summed E-state index contributed by atoms with van der Waals surface area (Å²) in [6.45, 7) is 3.42. The fourth-order valence-electron chi connectivity index (χ4n) is 3.26. The van der Waals surface area contributed by atoms with Gasteiger partial charge < -0.3 is 20.7 Å². The largest absolute Gasteiger partial charge is 0.451 e. The molecule has 1 aromatic rings. The molecule has 0 aliphatic carbocycles. The molecule has 0 unspecified atom stereocenters. The van der Waals surface area contributed by atoms with Crippen molar-refractivity contribution in [1.29, 1.82) is 0 Å². The third-order valence-corrected chi connectivity index (χ3v) is 6.32. The number of ether oxygens (including phenoxy) is 1. The van der Waals surface area contributed by atoms with E-state index in [-0.39, 0.29) is 10.8 Å². The minimum atomic E-state index is -1.03.